The molecule has 4 rings (SSSR count). The van der Waals surface area contributed by atoms with Crippen LogP contribution in [0.3, 0.4) is 0 Å². The molecule has 2 fully saturated rings. The summed E-state index contributed by atoms with van der Waals surface area (Å²) in [7, 11) is 1.64. The van der Waals surface area contributed by atoms with Crippen molar-refractivity contribution in [3.8, 4) is 5.75 Å². The van der Waals surface area contributed by atoms with Crippen LogP contribution in [0.5, 0.6) is 5.75 Å². The van der Waals surface area contributed by atoms with Crippen LogP contribution in [0.1, 0.15) is 43.0 Å². The maximum atomic E-state index is 12.8. The molecule has 2 saturated heterocycles. The van der Waals surface area contributed by atoms with Gasteiger partial charge in [0.05, 0.1) is 38.8 Å². The molecule has 0 bridgehead atoms. The zero-order valence-electron chi connectivity index (χ0n) is 18.7. The van der Waals surface area contributed by atoms with Crippen LogP contribution in [0.2, 0.25) is 0 Å². The highest BCUT2D eigenvalue weighted by Gasteiger charge is 2.41. The molecule has 0 atom stereocenters. The molecule has 0 aliphatic carbocycles. The second-order valence-electron chi connectivity index (χ2n) is 8.45. The molecular weight excluding hydrogens is 412 g/mol. The van der Waals surface area contributed by atoms with Crippen LogP contribution >= 0.6 is 0 Å². The van der Waals surface area contributed by atoms with Crippen LogP contribution in [-0.4, -0.2) is 70.7 Å². The minimum Gasteiger partial charge on any atom is -0.496 e. The molecule has 9 nitrogen and oxygen atoms in total. The second kappa shape index (κ2) is 9.68. The van der Waals surface area contributed by atoms with Gasteiger partial charge in [-0.3, -0.25) is 9.59 Å². The molecule has 3 heterocycles. The molecule has 9 heteroatoms. The summed E-state index contributed by atoms with van der Waals surface area (Å²) in [6.45, 7) is 4.14. The molecule has 32 heavy (non-hydrogen) atoms. The highest BCUT2D eigenvalue weighted by atomic mass is 16.5. The quantitative estimate of drug-likeness (QED) is 0.676. The SMILES string of the molecule is COc1ccccc1CCC(=O)N1CCC2(CC1)CN(Cc1noc(C)n1)C(=O)CCO2. The van der Waals surface area contributed by atoms with Crippen LogP contribution < -0.4 is 4.74 Å². The number of aromatic nitrogens is 2. The lowest BCUT2D eigenvalue weighted by molar-refractivity contribution is -0.140. The van der Waals surface area contributed by atoms with E-state index in [4.69, 9.17) is 14.0 Å². The van der Waals surface area contributed by atoms with Gasteiger partial charge in [0.25, 0.3) is 0 Å². The fourth-order valence-corrected chi connectivity index (χ4v) is 4.49. The molecule has 0 unspecified atom stereocenters. The fraction of sp³-hybridized carbons (Fsp3) is 0.565. The summed E-state index contributed by atoms with van der Waals surface area (Å²) in [5.41, 5.74) is 0.597. The highest BCUT2D eigenvalue weighted by Crippen LogP contribution is 2.31. The maximum absolute atomic E-state index is 12.8. The van der Waals surface area contributed by atoms with Gasteiger partial charge in [-0.2, -0.15) is 4.98 Å². The molecule has 2 aromatic rings. The van der Waals surface area contributed by atoms with E-state index in [1.807, 2.05) is 29.2 Å². The predicted molar refractivity (Wildman–Crippen MR) is 115 cm³/mol. The van der Waals surface area contributed by atoms with Crippen molar-refractivity contribution in [2.75, 3.05) is 33.4 Å². The maximum Gasteiger partial charge on any atom is 0.225 e. The number of ether oxygens (including phenoxy) is 2. The highest BCUT2D eigenvalue weighted by molar-refractivity contribution is 5.77. The van der Waals surface area contributed by atoms with E-state index in [-0.39, 0.29) is 11.8 Å². The van der Waals surface area contributed by atoms with Gasteiger partial charge in [-0.15, -0.1) is 0 Å². The minimum absolute atomic E-state index is 0.0274. The van der Waals surface area contributed by atoms with E-state index in [1.165, 1.54) is 0 Å². The van der Waals surface area contributed by atoms with Crippen molar-refractivity contribution in [2.24, 2.45) is 0 Å². The number of benzene rings is 1. The van der Waals surface area contributed by atoms with Gasteiger partial charge in [0.2, 0.25) is 17.7 Å². The summed E-state index contributed by atoms with van der Waals surface area (Å²) < 4.78 is 16.6. The topological polar surface area (TPSA) is 98.0 Å². The summed E-state index contributed by atoms with van der Waals surface area (Å²) in [6.07, 6.45) is 2.81. The third kappa shape index (κ3) is 5.09. The van der Waals surface area contributed by atoms with Crippen molar-refractivity contribution in [2.45, 2.75) is 51.2 Å². The Morgan fingerprint density at radius 3 is 2.75 bits per heavy atom. The number of amides is 2. The van der Waals surface area contributed by atoms with Crippen molar-refractivity contribution in [3.63, 3.8) is 0 Å². The number of hydrogen-bond acceptors (Lipinski definition) is 7. The van der Waals surface area contributed by atoms with Gasteiger partial charge < -0.3 is 23.8 Å². The zero-order valence-corrected chi connectivity index (χ0v) is 18.7. The first kappa shape index (κ1) is 22.3. The van der Waals surface area contributed by atoms with Crippen LogP contribution in [0.4, 0.5) is 0 Å². The van der Waals surface area contributed by atoms with Crippen LogP contribution in [-0.2, 0) is 27.3 Å². The standard InChI is InChI=1S/C23H30N4O5/c1-17-24-20(25-32-17)15-27-16-23(31-14-9-22(27)29)10-12-26(13-11-23)21(28)8-7-18-5-3-4-6-19(18)30-2/h3-6H,7-16H2,1-2H3. The molecule has 1 spiro atoms. The van der Waals surface area contributed by atoms with E-state index in [2.05, 4.69) is 10.1 Å². The molecule has 1 aromatic heterocycles. The molecule has 172 valence electrons. The third-order valence-corrected chi connectivity index (χ3v) is 6.29. The van der Waals surface area contributed by atoms with E-state index < -0.39 is 5.60 Å². The molecule has 2 aliphatic heterocycles. The normalized spacial score (nSPS) is 18.6. The largest absolute Gasteiger partial charge is 0.496 e. The Balaban J connectivity index is 1.33. The summed E-state index contributed by atoms with van der Waals surface area (Å²) in [5.74, 6) is 1.95. The fourth-order valence-electron chi connectivity index (χ4n) is 4.49. The summed E-state index contributed by atoms with van der Waals surface area (Å²) in [5, 5.41) is 3.92. The average molecular weight is 443 g/mol. The lowest BCUT2D eigenvalue weighted by Gasteiger charge is -2.42. The number of likely N-dealkylation sites (tertiary alicyclic amines) is 1. The number of piperidine rings is 1. The van der Waals surface area contributed by atoms with Gasteiger partial charge in [0.15, 0.2) is 5.82 Å². The van der Waals surface area contributed by atoms with Crippen LogP contribution in [0.25, 0.3) is 0 Å². The monoisotopic (exact) mass is 442 g/mol. The van der Waals surface area contributed by atoms with Crippen molar-refractivity contribution in [1.29, 1.82) is 0 Å². The summed E-state index contributed by atoms with van der Waals surface area (Å²) in [4.78, 5) is 33.3. The first-order chi connectivity index (χ1) is 15.5. The molecule has 2 amide bonds. The van der Waals surface area contributed by atoms with E-state index in [0.29, 0.717) is 76.6 Å². The molecule has 0 N–H and O–H groups in total. The van der Waals surface area contributed by atoms with Crippen molar-refractivity contribution >= 4 is 11.8 Å². The zero-order chi connectivity index (χ0) is 22.6. The van der Waals surface area contributed by atoms with Gasteiger partial charge in [-0.1, -0.05) is 23.4 Å². The number of methoxy groups -OCH3 is 1. The number of carbonyl (C=O) groups is 2. The lowest BCUT2D eigenvalue weighted by Crippen LogP contribution is -2.53. The van der Waals surface area contributed by atoms with Crippen molar-refractivity contribution in [1.82, 2.24) is 19.9 Å². The average Bonchev–Trinajstić information content (AvgIpc) is 3.15. The Bertz CT molecular complexity index is 951. The Kier molecular flexibility index (Phi) is 6.74. The molecule has 0 saturated carbocycles. The molecule has 1 aromatic carbocycles. The number of para-hydroxylation sites is 1. The molecule has 0 radical (unpaired) electrons. The Labute approximate surface area is 187 Å². The molecular formula is C23H30N4O5. The first-order valence-corrected chi connectivity index (χ1v) is 11.1. The van der Waals surface area contributed by atoms with E-state index in [0.717, 1.165) is 11.3 Å². The van der Waals surface area contributed by atoms with E-state index in [1.54, 1.807) is 18.9 Å². The van der Waals surface area contributed by atoms with Gasteiger partial charge in [0, 0.05) is 26.4 Å². The van der Waals surface area contributed by atoms with E-state index in [9.17, 15) is 9.59 Å². The summed E-state index contributed by atoms with van der Waals surface area (Å²) in [6, 6.07) is 7.79. The van der Waals surface area contributed by atoms with Crippen LogP contribution in [0, 0.1) is 6.92 Å². The van der Waals surface area contributed by atoms with Crippen molar-refractivity contribution < 1.29 is 23.6 Å². The lowest BCUT2D eigenvalue weighted by atomic mass is 9.90. The van der Waals surface area contributed by atoms with Gasteiger partial charge >= 0.3 is 0 Å². The first-order valence-electron chi connectivity index (χ1n) is 11.1. The summed E-state index contributed by atoms with van der Waals surface area (Å²) >= 11 is 0. The number of carbonyl (C=O) groups excluding carboxylic acids is 2. The van der Waals surface area contributed by atoms with Crippen LogP contribution in [0.15, 0.2) is 28.8 Å². The second-order valence-corrected chi connectivity index (χ2v) is 8.45. The number of rotatable bonds is 6. The predicted octanol–water partition coefficient (Wildman–Crippen LogP) is 2.13. The number of nitrogens with zero attached hydrogens (tertiary/aromatic N) is 4. The third-order valence-electron chi connectivity index (χ3n) is 6.29. The number of aryl methyl sites for hydroxylation is 2. The Hall–Kier alpha value is -2.94. The van der Waals surface area contributed by atoms with Crippen molar-refractivity contribution in [3.05, 3.63) is 41.5 Å². The Morgan fingerprint density at radius 1 is 1.25 bits per heavy atom. The minimum atomic E-state index is -0.440. The number of hydrogen-bond donors (Lipinski definition) is 0. The van der Waals surface area contributed by atoms with Gasteiger partial charge in [-0.25, -0.2) is 0 Å². The smallest absolute Gasteiger partial charge is 0.225 e. The molecule has 2 aliphatic rings. The Morgan fingerprint density at radius 2 is 2.03 bits per heavy atom. The van der Waals surface area contributed by atoms with Gasteiger partial charge in [0.1, 0.15) is 5.75 Å². The van der Waals surface area contributed by atoms with E-state index >= 15 is 0 Å². The van der Waals surface area contributed by atoms with Gasteiger partial charge in [-0.05, 0) is 30.9 Å².